The van der Waals surface area contributed by atoms with Gasteiger partial charge in [0.2, 0.25) is 0 Å². The summed E-state index contributed by atoms with van der Waals surface area (Å²) in [5.41, 5.74) is 4.44. The van der Waals surface area contributed by atoms with Crippen LogP contribution in [0.25, 0.3) is 49.6 Å². The van der Waals surface area contributed by atoms with Crippen LogP contribution >= 0.6 is 0 Å². The summed E-state index contributed by atoms with van der Waals surface area (Å²) >= 11 is 0. The molecule has 3 heterocycles. The maximum Gasteiger partial charge on any atom is 0.161 e. The van der Waals surface area contributed by atoms with E-state index < -0.39 is 0 Å². The molecule has 25 heavy (non-hydrogen) atoms. The SMILES string of the molecule is c1ccc(-c2ncc3c4cccc5c6ccccc6n(c3n2)c54)cc1. The Kier molecular flexibility index (Phi) is 2.35. The molecule has 0 aliphatic rings. The summed E-state index contributed by atoms with van der Waals surface area (Å²) in [6.45, 7) is 0. The minimum Gasteiger partial charge on any atom is -0.293 e. The average Bonchev–Trinajstić information content (AvgIpc) is 3.20. The van der Waals surface area contributed by atoms with Crippen molar-refractivity contribution < 1.29 is 0 Å². The Bertz CT molecular complexity index is 1380. The van der Waals surface area contributed by atoms with Crippen LogP contribution < -0.4 is 0 Å². The van der Waals surface area contributed by atoms with Gasteiger partial charge in [0.25, 0.3) is 0 Å². The summed E-state index contributed by atoms with van der Waals surface area (Å²) in [7, 11) is 0. The number of hydrogen-bond donors (Lipinski definition) is 0. The highest BCUT2D eigenvalue weighted by atomic mass is 15.0. The van der Waals surface area contributed by atoms with Gasteiger partial charge in [-0.2, -0.15) is 0 Å². The molecule has 0 atom stereocenters. The van der Waals surface area contributed by atoms with Gasteiger partial charge < -0.3 is 0 Å². The van der Waals surface area contributed by atoms with Crippen molar-refractivity contribution in [2.45, 2.75) is 0 Å². The van der Waals surface area contributed by atoms with Crippen molar-refractivity contribution in [3.8, 4) is 11.4 Å². The van der Waals surface area contributed by atoms with Crippen LogP contribution in [0.4, 0.5) is 0 Å². The standard InChI is InChI=1S/C22H13N3/c1-2-7-14(8-3-1)21-23-13-18-17-11-6-10-16-15-9-4-5-12-19(15)25(20(16)17)22(18)24-21/h1-13H. The first-order valence-electron chi connectivity index (χ1n) is 8.37. The molecule has 0 radical (unpaired) electrons. The van der Waals surface area contributed by atoms with Gasteiger partial charge in [0.15, 0.2) is 5.82 Å². The molecule has 3 heteroatoms. The first kappa shape index (κ1) is 12.9. The normalized spacial score (nSPS) is 12.0. The Morgan fingerprint density at radius 1 is 0.640 bits per heavy atom. The molecule has 0 fully saturated rings. The van der Waals surface area contributed by atoms with Gasteiger partial charge in [-0.3, -0.25) is 4.40 Å². The van der Waals surface area contributed by atoms with E-state index >= 15 is 0 Å². The zero-order valence-corrected chi connectivity index (χ0v) is 13.3. The number of benzene rings is 3. The van der Waals surface area contributed by atoms with Crippen LogP contribution in [0.3, 0.4) is 0 Å². The summed E-state index contributed by atoms with van der Waals surface area (Å²) in [5, 5.41) is 4.85. The molecule has 0 bridgehead atoms. The maximum absolute atomic E-state index is 4.94. The third-order valence-corrected chi connectivity index (χ3v) is 5.00. The first-order chi connectivity index (χ1) is 12.4. The molecule has 6 aromatic rings. The lowest BCUT2D eigenvalue weighted by Crippen LogP contribution is -1.91. The second kappa shape index (κ2) is 4.54. The number of hydrogen-bond acceptors (Lipinski definition) is 2. The van der Waals surface area contributed by atoms with Gasteiger partial charge in [0, 0.05) is 33.3 Å². The van der Waals surface area contributed by atoms with E-state index in [-0.39, 0.29) is 0 Å². The molecule has 3 aromatic carbocycles. The molecule has 0 unspecified atom stereocenters. The number of para-hydroxylation sites is 2. The van der Waals surface area contributed by atoms with Crippen LogP contribution in [0, 0.1) is 0 Å². The molecular formula is C22H13N3. The summed E-state index contributed by atoms with van der Waals surface area (Å²) in [6.07, 6.45) is 1.96. The van der Waals surface area contributed by atoms with E-state index in [4.69, 9.17) is 4.98 Å². The predicted molar refractivity (Wildman–Crippen MR) is 102 cm³/mol. The summed E-state index contributed by atoms with van der Waals surface area (Å²) in [6, 6.07) is 25.1. The van der Waals surface area contributed by atoms with Gasteiger partial charge in [-0.25, -0.2) is 9.97 Å². The van der Waals surface area contributed by atoms with Gasteiger partial charge in [-0.15, -0.1) is 0 Å². The molecule has 0 N–H and O–H groups in total. The lowest BCUT2D eigenvalue weighted by atomic mass is 10.1. The second-order valence-corrected chi connectivity index (χ2v) is 6.35. The average molecular weight is 319 g/mol. The van der Waals surface area contributed by atoms with Gasteiger partial charge in [-0.1, -0.05) is 66.7 Å². The molecule has 0 aliphatic carbocycles. The fraction of sp³-hybridized carbons (Fsp3) is 0. The molecule has 0 spiro atoms. The molecular weight excluding hydrogens is 306 g/mol. The van der Waals surface area contributed by atoms with Crippen LogP contribution in [-0.4, -0.2) is 14.4 Å². The molecule has 3 aromatic heterocycles. The van der Waals surface area contributed by atoms with Crippen molar-refractivity contribution in [1.82, 2.24) is 14.4 Å². The molecule has 3 nitrogen and oxygen atoms in total. The topological polar surface area (TPSA) is 30.2 Å². The highest BCUT2D eigenvalue weighted by Gasteiger charge is 2.18. The van der Waals surface area contributed by atoms with Crippen molar-refractivity contribution in [2.24, 2.45) is 0 Å². The maximum atomic E-state index is 4.94. The Morgan fingerprint density at radius 3 is 2.24 bits per heavy atom. The monoisotopic (exact) mass is 319 g/mol. The Balaban J connectivity index is 1.85. The van der Waals surface area contributed by atoms with Crippen molar-refractivity contribution in [3.63, 3.8) is 0 Å². The predicted octanol–water partition coefficient (Wildman–Crippen LogP) is 5.29. The minimum absolute atomic E-state index is 0.762. The molecule has 0 amide bonds. The van der Waals surface area contributed by atoms with Crippen LogP contribution in [0.5, 0.6) is 0 Å². The third-order valence-electron chi connectivity index (χ3n) is 5.00. The van der Waals surface area contributed by atoms with E-state index in [0.29, 0.717) is 0 Å². The van der Waals surface area contributed by atoms with E-state index in [0.717, 1.165) is 22.4 Å². The van der Waals surface area contributed by atoms with Crippen molar-refractivity contribution in [3.05, 3.63) is 79.0 Å². The lowest BCUT2D eigenvalue weighted by Gasteiger charge is -2.01. The van der Waals surface area contributed by atoms with Gasteiger partial charge in [0.05, 0.1) is 11.0 Å². The Morgan fingerprint density at radius 2 is 1.36 bits per heavy atom. The third kappa shape index (κ3) is 1.59. The van der Waals surface area contributed by atoms with Crippen LogP contribution in [0.1, 0.15) is 0 Å². The zero-order chi connectivity index (χ0) is 16.4. The summed E-state index contributed by atoms with van der Waals surface area (Å²) in [4.78, 5) is 9.56. The first-order valence-corrected chi connectivity index (χ1v) is 8.37. The van der Waals surface area contributed by atoms with Gasteiger partial charge in [0.1, 0.15) is 5.65 Å². The highest BCUT2D eigenvalue weighted by Crippen LogP contribution is 2.38. The number of fused-ring (bicyclic) bond motifs is 6. The van der Waals surface area contributed by atoms with Crippen LogP contribution in [-0.2, 0) is 0 Å². The fourth-order valence-corrected chi connectivity index (χ4v) is 3.92. The summed E-state index contributed by atoms with van der Waals surface area (Å²) in [5.74, 6) is 0.762. The quantitative estimate of drug-likeness (QED) is 0.412. The molecule has 0 saturated carbocycles. The molecule has 116 valence electrons. The molecule has 6 rings (SSSR count). The Hall–Kier alpha value is -3.46. The van der Waals surface area contributed by atoms with E-state index in [1.54, 1.807) is 0 Å². The van der Waals surface area contributed by atoms with Crippen molar-refractivity contribution >= 4 is 38.2 Å². The lowest BCUT2D eigenvalue weighted by molar-refractivity contribution is 1.19. The van der Waals surface area contributed by atoms with E-state index in [1.165, 1.54) is 27.2 Å². The number of rotatable bonds is 1. The van der Waals surface area contributed by atoms with E-state index in [9.17, 15) is 0 Å². The summed E-state index contributed by atoms with van der Waals surface area (Å²) < 4.78 is 2.28. The Labute approximate surface area is 143 Å². The van der Waals surface area contributed by atoms with E-state index in [2.05, 4.69) is 51.8 Å². The fourth-order valence-electron chi connectivity index (χ4n) is 3.92. The van der Waals surface area contributed by atoms with Crippen molar-refractivity contribution in [2.75, 3.05) is 0 Å². The minimum atomic E-state index is 0.762. The zero-order valence-electron chi connectivity index (χ0n) is 13.3. The van der Waals surface area contributed by atoms with Gasteiger partial charge >= 0.3 is 0 Å². The largest absolute Gasteiger partial charge is 0.293 e. The smallest absolute Gasteiger partial charge is 0.161 e. The van der Waals surface area contributed by atoms with E-state index in [1.807, 2.05) is 36.5 Å². The van der Waals surface area contributed by atoms with Gasteiger partial charge in [-0.05, 0) is 6.07 Å². The number of nitrogens with zero attached hydrogens (tertiary/aromatic N) is 3. The van der Waals surface area contributed by atoms with Crippen LogP contribution in [0.15, 0.2) is 79.0 Å². The molecule has 0 saturated heterocycles. The highest BCUT2D eigenvalue weighted by molar-refractivity contribution is 6.22. The molecule has 0 aliphatic heterocycles. The van der Waals surface area contributed by atoms with Crippen LogP contribution in [0.2, 0.25) is 0 Å². The second-order valence-electron chi connectivity index (χ2n) is 6.35. The van der Waals surface area contributed by atoms with Crippen molar-refractivity contribution in [1.29, 1.82) is 0 Å². The number of aromatic nitrogens is 3.